The molecule has 2 aromatic carbocycles. The van der Waals surface area contributed by atoms with Crippen LogP contribution in [0, 0.1) is 18.2 Å². The first-order valence-corrected chi connectivity index (χ1v) is 14.8. The van der Waals surface area contributed by atoms with Crippen LogP contribution in [-0.2, 0) is 14.6 Å². The number of carbonyl (C=O) groups excluding carboxylic acids is 1. The average molecular weight is 607 g/mol. The summed E-state index contributed by atoms with van der Waals surface area (Å²) in [5.41, 5.74) is -2.55. The average Bonchev–Trinajstić information content (AvgIpc) is 2.96. The van der Waals surface area contributed by atoms with Crippen LogP contribution in [0.25, 0.3) is 32.8 Å². The normalized spacial score (nSPS) is 15.3. The van der Waals surface area contributed by atoms with Gasteiger partial charge in [-0.3, -0.25) is 4.79 Å². The molecular formula is C29H24F2N6O5S. The molecule has 4 aromatic rings. The molecule has 1 saturated heterocycles. The van der Waals surface area contributed by atoms with Crippen molar-refractivity contribution in [1.82, 2.24) is 19.4 Å². The lowest BCUT2D eigenvalue weighted by Crippen LogP contribution is -2.56. The van der Waals surface area contributed by atoms with Gasteiger partial charge in [0, 0.05) is 25.9 Å². The lowest BCUT2D eigenvalue weighted by atomic mass is 10.1. The largest absolute Gasteiger partial charge is 0.507 e. The van der Waals surface area contributed by atoms with E-state index in [2.05, 4.69) is 21.4 Å². The van der Waals surface area contributed by atoms with E-state index in [1.165, 1.54) is 35.2 Å². The van der Waals surface area contributed by atoms with Crippen molar-refractivity contribution in [3.05, 3.63) is 94.7 Å². The number of hydrogen-bond acceptors (Lipinski definition) is 8. The van der Waals surface area contributed by atoms with Crippen molar-refractivity contribution in [2.75, 3.05) is 37.3 Å². The molecular weight excluding hydrogens is 582 g/mol. The summed E-state index contributed by atoms with van der Waals surface area (Å²) in [5, 5.41) is 10.3. The van der Waals surface area contributed by atoms with Crippen LogP contribution >= 0.6 is 0 Å². The molecule has 1 unspecified atom stereocenters. The zero-order valence-corrected chi connectivity index (χ0v) is 23.6. The second-order valence-corrected chi connectivity index (χ2v) is 11.8. The molecule has 14 heteroatoms. The summed E-state index contributed by atoms with van der Waals surface area (Å²) in [6.07, 6.45) is 2.10. The van der Waals surface area contributed by atoms with Crippen LogP contribution in [0.15, 0.2) is 70.9 Å². The van der Waals surface area contributed by atoms with Crippen molar-refractivity contribution >= 4 is 32.6 Å². The number of para-hydroxylation sites is 1. The first kappa shape index (κ1) is 29.3. The SMILES string of the molecule is [C-]#[N+]CC1CN(C(=O)C=C)CCN1c1nc(=O)n(-c2ccccc2S(C)(=O)=O)c2nc(-c3c(O)cccc3F)c(F)cc12. The number of anilines is 1. The Kier molecular flexibility index (Phi) is 7.68. The predicted molar refractivity (Wildman–Crippen MR) is 155 cm³/mol. The fourth-order valence-electron chi connectivity index (χ4n) is 5.14. The molecule has 43 heavy (non-hydrogen) atoms. The standard InChI is InChI=1S/C29H24F2N6O5S/c1-4-24(39)35-12-13-36(17(16-35)15-32-2)27-18-14-20(31)26(25-19(30)8-7-10-22(25)38)33-28(18)37(29(40)34-27)21-9-5-6-11-23(21)43(3,41)42/h4-11,14,17,38H,1,12-13,15-16H2,3H3. The Balaban J connectivity index is 1.85. The van der Waals surface area contributed by atoms with E-state index in [9.17, 15) is 27.5 Å². The van der Waals surface area contributed by atoms with E-state index in [0.29, 0.717) is 0 Å². The minimum atomic E-state index is -3.89. The van der Waals surface area contributed by atoms with E-state index in [4.69, 9.17) is 6.57 Å². The zero-order valence-electron chi connectivity index (χ0n) is 22.7. The highest BCUT2D eigenvalue weighted by molar-refractivity contribution is 7.90. The van der Waals surface area contributed by atoms with E-state index in [0.717, 1.165) is 35.1 Å². The number of fused-ring (bicyclic) bond motifs is 1. The molecule has 5 rings (SSSR count). The molecule has 1 N–H and O–H groups in total. The molecule has 1 aliphatic rings. The monoisotopic (exact) mass is 606 g/mol. The Bertz CT molecular complexity index is 1990. The maximum Gasteiger partial charge on any atom is 0.355 e. The van der Waals surface area contributed by atoms with Gasteiger partial charge in [0.15, 0.2) is 21.3 Å². The molecule has 11 nitrogen and oxygen atoms in total. The first-order valence-electron chi connectivity index (χ1n) is 12.9. The van der Waals surface area contributed by atoms with Crippen LogP contribution in [0.5, 0.6) is 5.75 Å². The van der Waals surface area contributed by atoms with Gasteiger partial charge in [-0.15, -0.1) is 0 Å². The Labute approximate surface area is 244 Å². The third-order valence-corrected chi connectivity index (χ3v) is 8.22. The number of piperazine rings is 1. The smallest absolute Gasteiger partial charge is 0.355 e. The molecule has 0 saturated carbocycles. The molecule has 0 aliphatic carbocycles. The predicted octanol–water partition coefficient (Wildman–Crippen LogP) is 2.96. The Morgan fingerprint density at radius 1 is 1.16 bits per heavy atom. The highest BCUT2D eigenvalue weighted by atomic mass is 32.2. The number of rotatable bonds is 6. The van der Waals surface area contributed by atoms with Crippen molar-refractivity contribution in [2.24, 2.45) is 0 Å². The van der Waals surface area contributed by atoms with Gasteiger partial charge >= 0.3 is 5.69 Å². The summed E-state index contributed by atoms with van der Waals surface area (Å²) in [6, 6.07) is 9.28. The van der Waals surface area contributed by atoms with Crippen LogP contribution in [0.2, 0.25) is 0 Å². The molecule has 1 aliphatic heterocycles. The summed E-state index contributed by atoms with van der Waals surface area (Å²) in [5.74, 6) is -3.04. The highest BCUT2D eigenvalue weighted by Gasteiger charge is 2.34. The van der Waals surface area contributed by atoms with Gasteiger partial charge in [0.1, 0.15) is 29.1 Å². The van der Waals surface area contributed by atoms with E-state index in [1.807, 2.05) is 0 Å². The van der Waals surface area contributed by atoms with E-state index in [1.54, 1.807) is 4.90 Å². The number of benzene rings is 2. The van der Waals surface area contributed by atoms with Crippen molar-refractivity contribution < 1.29 is 27.1 Å². The van der Waals surface area contributed by atoms with Crippen molar-refractivity contribution in [3.63, 3.8) is 0 Å². The van der Waals surface area contributed by atoms with Gasteiger partial charge in [0.2, 0.25) is 12.5 Å². The highest BCUT2D eigenvalue weighted by Crippen LogP contribution is 2.36. The lowest BCUT2D eigenvalue weighted by Gasteiger charge is -2.39. The van der Waals surface area contributed by atoms with Crippen LogP contribution in [0.3, 0.4) is 0 Å². The summed E-state index contributed by atoms with van der Waals surface area (Å²) >= 11 is 0. The van der Waals surface area contributed by atoms with Crippen molar-refractivity contribution in [2.45, 2.75) is 10.9 Å². The summed E-state index contributed by atoms with van der Waals surface area (Å²) in [7, 11) is -3.89. The Morgan fingerprint density at radius 3 is 2.58 bits per heavy atom. The van der Waals surface area contributed by atoms with Gasteiger partial charge in [-0.25, -0.2) is 38.1 Å². The van der Waals surface area contributed by atoms with Gasteiger partial charge < -0.3 is 19.8 Å². The second kappa shape index (κ2) is 11.3. The van der Waals surface area contributed by atoms with Gasteiger partial charge in [-0.1, -0.05) is 24.8 Å². The summed E-state index contributed by atoms with van der Waals surface area (Å²) in [6.45, 7) is 11.2. The molecule has 3 heterocycles. The van der Waals surface area contributed by atoms with Gasteiger partial charge in [0.25, 0.3) is 0 Å². The maximum atomic E-state index is 15.8. The van der Waals surface area contributed by atoms with Crippen LogP contribution in [0.1, 0.15) is 0 Å². The number of halogens is 2. The number of pyridine rings is 1. The number of hydrogen-bond donors (Lipinski definition) is 1. The topological polar surface area (TPSA) is 130 Å². The zero-order chi connectivity index (χ0) is 31.1. The number of sulfone groups is 1. The van der Waals surface area contributed by atoms with E-state index >= 15 is 4.39 Å². The number of aromatic nitrogens is 3. The summed E-state index contributed by atoms with van der Waals surface area (Å²) in [4.78, 5) is 40.9. The number of amides is 1. The number of nitrogens with zero attached hydrogens (tertiary/aromatic N) is 6. The lowest BCUT2D eigenvalue weighted by molar-refractivity contribution is -0.126. The molecule has 0 bridgehead atoms. The van der Waals surface area contributed by atoms with Crippen LogP contribution in [-0.4, -0.2) is 77.3 Å². The molecule has 220 valence electrons. The Hall–Kier alpha value is -5.16. The number of carbonyl (C=O) groups is 1. The molecule has 1 atom stereocenters. The van der Waals surface area contributed by atoms with E-state index < -0.39 is 50.2 Å². The first-order chi connectivity index (χ1) is 20.5. The minimum absolute atomic E-state index is 0.0431. The molecule has 0 radical (unpaired) electrons. The van der Waals surface area contributed by atoms with Gasteiger partial charge in [-0.2, -0.15) is 4.98 Å². The quantitative estimate of drug-likeness (QED) is 0.262. The van der Waals surface area contributed by atoms with E-state index in [-0.39, 0.29) is 59.5 Å². The fourth-order valence-corrected chi connectivity index (χ4v) is 6.01. The Morgan fingerprint density at radius 2 is 1.91 bits per heavy atom. The second-order valence-electron chi connectivity index (χ2n) is 9.79. The molecule has 1 fully saturated rings. The third kappa shape index (κ3) is 5.30. The maximum absolute atomic E-state index is 15.8. The molecule has 0 spiro atoms. The van der Waals surface area contributed by atoms with Crippen molar-refractivity contribution in [1.29, 1.82) is 0 Å². The number of aromatic hydroxyl groups is 1. The number of phenols is 1. The van der Waals surface area contributed by atoms with Crippen LogP contribution in [0.4, 0.5) is 14.6 Å². The fraction of sp³-hybridized carbons (Fsp3) is 0.207. The van der Waals surface area contributed by atoms with Gasteiger partial charge in [-0.05, 0) is 36.4 Å². The third-order valence-electron chi connectivity index (χ3n) is 7.08. The molecule has 2 aromatic heterocycles. The number of phenolic OH excluding ortho intramolecular Hbond substituents is 1. The van der Waals surface area contributed by atoms with Gasteiger partial charge in [0.05, 0.1) is 21.5 Å². The summed E-state index contributed by atoms with van der Waals surface area (Å²) < 4.78 is 56.9. The van der Waals surface area contributed by atoms with Crippen LogP contribution < -0.4 is 10.6 Å². The minimum Gasteiger partial charge on any atom is -0.507 e. The van der Waals surface area contributed by atoms with Crippen molar-refractivity contribution in [3.8, 4) is 22.7 Å². The molecule has 1 amide bonds.